The second-order valence-corrected chi connectivity index (χ2v) is 6.10. The van der Waals surface area contributed by atoms with Crippen molar-refractivity contribution >= 4 is 5.91 Å². The molecule has 4 nitrogen and oxygen atoms in total. The van der Waals surface area contributed by atoms with Crippen LogP contribution in [-0.2, 0) is 0 Å². The maximum atomic E-state index is 12.0. The van der Waals surface area contributed by atoms with Gasteiger partial charge in [-0.3, -0.25) is 4.79 Å². The highest BCUT2D eigenvalue weighted by atomic mass is 16.1. The van der Waals surface area contributed by atoms with E-state index in [9.17, 15) is 4.79 Å². The molecule has 1 aromatic heterocycles. The molecule has 0 aromatic carbocycles. The van der Waals surface area contributed by atoms with Gasteiger partial charge in [0.1, 0.15) is 6.33 Å². The third-order valence-corrected chi connectivity index (χ3v) is 2.92. The Morgan fingerprint density at radius 1 is 1.35 bits per heavy atom. The molecule has 0 atom stereocenters. The summed E-state index contributed by atoms with van der Waals surface area (Å²) in [4.78, 5) is 19.7. The lowest BCUT2D eigenvalue weighted by atomic mass is 9.86. The zero-order valence-corrected chi connectivity index (χ0v) is 10.7. The first-order chi connectivity index (χ1) is 7.90. The highest BCUT2D eigenvalue weighted by Crippen LogP contribution is 2.44. The van der Waals surface area contributed by atoms with Crippen LogP contribution in [0.4, 0.5) is 0 Å². The number of carbonyl (C=O) groups excluding carboxylic acids is 1. The van der Waals surface area contributed by atoms with Gasteiger partial charge in [-0.25, -0.2) is 9.97 Å². The summed E-state index contributed by atoms with van der Waals surface area (Å²) in [5.74, 6) is -0.0626. The number of hydrogen-bond donors (Lipinski definition) is 1. The van der Waals surface area contributed by atoms with Gasteiger partial charge < -0.3 is 5.32 Å². The quantitative estimate of drug-likeness (QED) is 0.870. The first-order valence-corrected chi connectivity index (χ1v) is 5.98. The molecule has 1 saturated carbocycles. The third kappa shape index (κ3) is 3.25. The monoisotopic (exact) mass is 233 g/mol. The molecule has 1 aliphatic carbocycles. The molecule has 17 heavy (non-hydrogen) atoms. The average Bonchev–Trinajstić information content (AvgIpc) is 2.96. The van der Waals surface area contributed by atoms with Gasteiger partial charge in [0, 0.05) is 17.9 Å². The second-order valence-electron chi connectivity index (χ2n) is 6.10. The van der Waals surface area contributed by atoms with Gasteiger partial charge in [-0.2, -0.15) is 0 Å². The SMILES string of the molecule is CC(C)(C)CC1(NC(=O)c2cncnc2)CC1. The van der Waals surface area contributed by atoms with Gasteiger partial charge in [-0.05, 0) is 24.7 Å². The van der Waals surface area contributed by atoms with Crippen molar-refractivity contribution < 1.29 is 4.79 Å². The minimum absolute atomic E-state index is 0.00513. The van der Waals surface area contributed by atoms with Crippen molar-refractivity contribution in [3.8, 4) is 0 Å². The van der Waals surface area contributed by atoms with Crippen LogP contribution >= 0.6 is 0 Å². The Bertz CT molecular complexity index is 404. The lowest BCUT2D eigenvalue weighted by molar-refractivity contribution is 0.0918. The topological polar surface area (TPSA) is 54.9 Å². The molecule has 1 heterocycles. The Labute approximate surface area is 102 Å². The van der Waals surface area contributed by atoms with Gasteiger partial charge >= 0.3 is 0 Å². The summed E-state index contributed by atoms with van der Waals surface area (Å²) >= 11 is 0. The van der Waals surface area contributed by atoms with Crippen LogP contribution < -0.4 is 5.32 Å². The Balaban J connectivity index is 2.00. The Hall–Kier alpha value is -1.45. The minimum atomic E-state index is -0.0626. The molecule has 0 radical (unpaired) electrons. The van der Waals surface area contributed by atoms with Crippen molar-refractivity contribution in [1.29, 1.82) is 0 Å². The maximum Gasteiger partial charge on any atom is 0.254 e. The standard InChI is InChI=1S/C13H19N3O/c1-12(2,3)8-13(4-5-13)16-11(17)10-6-14-9-15-7-10/h6-7,9H,4-5,8H2,1-3H3,(H,16,17). The van der Waals surface area contributed by atoms with Gasteiger partial charge in [-0.15, -0.1) is 0 Å². The van der Waals surface area contributed by atoms with Crippen LogP contribution in [0.25, 0.3) is 0 Å². The fourth-order valence-electron chi connectivity index (χ4n) is 2.24. The number of aromatic nitrogens is 2. The van der Waals surface area contributed by atoms with E-state index in [0.29, 0.717) is 5.56 Å². The van der Waals surface area contributed by atoms with Crippen molar-refractivity contribution in [2.45, 2.75) is 45.6 Å². The predicted octanol–water partition coefficient (Wildman–Crippen LogP) is 2.18. The summed E-state index contributed by atoms with van der Waals surface area (Å²) in [6.45, 7) is 6.60. The van der Waals surface area contributed by atoms with Crippen LogP contribution in [0.3, 0.4) is 0 Å². The Kier molecular flexibility index (Phi) is 2.89. The predicted molar refractivity (Wildman–Crippen MR) is 65.5 cm³/mol. The van der Waals surface area contributed by atoms with E-state index in [2.05, 4.69) is 36.1 Å². The lowest BCUT2D eigenvalue weighted by Crippen LogP contribution is -2.39. The molecule has 0 spiro atoms. The first kappa shape index (κ1) is 12.0. The molecule has 1 N–H and O–H groups in total. The van der Waals surface area contributed by atoms with E-state index in [1.54, 1.807) is 12.4 Å². The molecule has 0 unspecified atom stereocenters. The average molecular weight is 233 g/mol. The zero-order valence-electron chi connectivity index (χ0n) is 10.7. The van der Waals surface area contributed by atoms with Crippen LogP contribution in [0.15, 0.2) is 18.7 Å². The molecule has 1 amide bonds. The van der Waals surface area contributed by atoms with Gasteiger partial charge in [0.15, 0.2) is 0 Å². The van der Waals surface area contributed by atoms with E-state index in [1.807, 2.05) is 0 Å². The smallest absolute Gasteiger partial charge is 0.254 e. The van der Waals surface area contributed by atoms with Crippen LogP contribution in [-0.4, -0.2) is 21.4 Å². The minimum Gasteiger partial charge on any atom is -0.346 e. The van der Waals surface area contributed by atoms with Crippen molar-refractivity contribution in [2.24, 2.45) is 5.41 Å². The van der Waals surface area contributed by atoms with E-state index in [-0.39, 0.29) is 16.9 Å². The largest absolute Gasteiger partial charge is 0.346 e. The van der Waals surface area contributed by atoms with E-state index >= 15 is 0 Å². The fourth-order valence-corrected chi connectivity index (χ4v) is 2.24. The van der Waals surface area contributed by atoms with Gasteiger partial charge in [0.2, 0.25) is 0 Å². The molecule has 92 valence electrons. The molecule has 1 aliphatic rings. The normalized spacial score (nSPS) is 17.6. The van der Waals surface area contributed by atoms with Gasteiger partial charge in [0.25, 0.3) is 5.91 Å². The molecular weight excluding hydrogens is 214 g/mol. The number of rotatable bonds is 3. The van der Waals surface area contributed by atoms with E-state index < -0.39 is 0 Å². The Morgan fingerprint density at radius 2 is 1.94 bits per heavy atom. The molecule has 0 saturated heterocycles. The molecule has 0 bridgehead atoms. The zero-order chi connectivity index (χ0) is 12.5. The summed E-state index contributed by atoms with van der Waals surface area (Å²) in [6.07, 6.45) is 7.69. The van der Waals surface area contributed by atoms with Crippen LogP contribution in [0.2, 0.25) is 0 Å². The molecule has 1 fully saturated rings. The maximum absolute atomic E-state index is 12.0. The molecular formula is C13H19N3O. The fraction of sp³-hybridized carbons (Fsp3) is 0.615. The summed E-state index contributed by atoms with van der Waals surface area (Å²) in [7, 11) is 0. The van der Waals surface area contributed by atoms with Gasteiger partial charge in [0.05, 0.1) is 5.56 Å². The summed E-state index contributed by atoms with van der Waals surface area (Å²) in [5.41, 5.74) is 0.773. The van der Waals surface area contributed by atoms with Crippen LogP contribution in [0, 0.1) is 5.41 Å². The first-order valence-electron chi connectivity index (χ1n) is 5.98. The van der Waals surface area contributed by atoms with Gasteiger partial charge in [-0.1, -0.05) is 20.8 Å². The number of nitrogens with zero attached hydrogens (tertiary/aromatic N) is 2. The van der Waals surface area contributed by atoms with Crippen molar-refractivity contribution in [3.05, 3.63) is 24.3 Å². The van der Waals surface area contributed by atoms with E-state index in [4.69, 9.17) is 0 Å². The number of carbonyl (C=O) groups is 1. The summed E-state index contributed by atoms with van der Waals surface area (Å²) in [6, 6.07) is 0. The van der Waals surface area contributed by atoms with E-state index in [0.717, 1.165) is 19.3 Å². The van der Waals surface area contributed by atoms with Crippen molar-refractivity contribution in [3.63, 3.8) is 0 Å². The molecule has 1 aromatic rings. The summed E-state index contributed by atoms with van der Waals surface area (Å²) in [5, 5.41) is 3.12. The third-order valence-electron chi connectivity index (χ3n) is 2.92. The number of amides is 1. The van der Waals surface area contributed by atoms with Crippen LogP contribution in [0.5, 0.6) is 0 Å². The molecule has 2 rings (SSSR count). The lowest BCUT2D eigenvalue weighted by Gasteiger charge is -2.26. The highest BCUT2D eigenvalue weighted by Gasteiger charge is 2.46. The van der Waals surface area contributed by atoms with E-state index in [1.165, 1.54) is 6.33 Å². The molecule has 0 aliphatic heterocycles. The number of hydrogen-bond acceptors (Lipinski definition) is 3. The second kappa shape index (κ2) is 4.09. The van der Waals surface area contributed by atoms with Crippen molar-refractivity contribution in [2.75, 3.05) is 0 Å². The molecule has 4 heteroatoms. The van der Waals surface area contributed by atoms with Crippen LogP contribution in [0.1, 0.15) is 50.4 Å². The Morgan fingerprint density at radius 3 is 2.41 bits per heavy atom. The summed E-state index contributed by atoms with van der Waals surface area (Å²) < 4.78 is 0. The highest BCUT2D eigenvalue weighted by molar-refractivity contribution is 5.94. The van der Waals surface area contributed by atoms with Crippen molar-refractivity contribution in [1.82, 2.24) is 15.3 Å². The number of nitrogens with one attached hydrogen (secondary N) is 1.